The molecule has 1 saturated carbocycles. The second-order valence-corrected chi connectivity index (χ2v) is 8.58. The van der Waals surface area contributed by atoms with Crippen molar-refractivity contribution in [3.63, 3.8) is 0 Å². The third-order valence-electron chi connectivity index (χ3n) is 5.22. The van der Waals surface area contributed by atoms with Crippen molar-refractivity contribution in [1.82, 2.24) is 4.90 Å². The molecule has 1 heterocycles. The summed E-state index contributed by atoms with van der Waals surface area (Å²) in [5, 5.41) is 3.59. The lowest BCUT2D eigenvalue weighted by atomic mass is 9.90. The Balaban J connectivity index is 1.43. The van der Waals surface area contributed by atoms with E-state index in [0.717, 1.165) is 32.4 Å². The number of likely N-dealkylation sites (tertiary alicyclic amines) is 1. The van der Waals surface area contributed by atoms with Gasteiger partial charge in [0.2, 0.25) is 0 Å². The summed E-state index contributed by atoms with van der Waals surface area (Å²) in [6.07, 6.45) is 7.01. The van der Waals surface area contributed by atoms with E-state index in [2.05, 4.69) is 29.6 Å². The molecule has 2 aliphatic rings. The number of amides is 1. The molecule has 1 N–H and O–H groups in total. The Labute approximate surface area is 151 Å². The lowest BCUT2D eigenvalue weighted by molar-refractivity contribution is 0.0184. The second-order valence-electron chi connectivity index (χ2n) is 8.58. The number of benzene rings is 1. The number of nitrogens with one attached hydrogen (secondary N) is 1. The van der Waals surface area contributed by atoms with Crippen LogP contribution in [0.3, 0.4) is 0 Å². The minimum Gasteiger partial charge on any atom is -0.444 e. The van der Waals surface area contributed by atoms with E-state index in [0.29, 0.717) is 12.0 Å². The van der Waals surface area contributed by atoms with E-state index in [1.54, 1.807) is 0 Å². The molecule has 0 radical (unpaired) electrons. The molecule has 2 fully saturated rings. The lowest BCUT2D eigenvalue weighted by Crippen LogP contribution is -2.42. The van der Waals surface area contributed by atoms with E-state index >= 15 is 0 Å². The van der Waals surface area contributed by atoms with E-state index in [1.165, 1.54) is 30.5 Å². The van der Waals surface area contributed by atoms with E-state index in [4.69, 9.17) is 4.74 Å². The van der Waals surface area contributed by atoms with Gasteiger partial charge in [0.05, 0.1) is 0 Å². The van der Waals surface area contributed by atoms with Gasteiger partial charge in [-0.2, -0.15) is 0 Å². The molecule has 25 heavy (non-hydrogen) atoms. The third-order valence-corrected chi connectivity index (χ3v) is 5.22. The predicted octanol–water partition coefficient (Wildman–Crippen LogP) is 4.84. The fraction of sp³-hybridized carbons (Fsp3) is 0.667. The number of rotatable bonds is 4. The summed E-state index contributed by atoms with van der Waals surface area (Å²) in [5.74, 6) is 0.657. The van der Waals surface area contributed by atoms with Gasteiger partial charge < -0.3 is 15.0 Å². The molecule has 1 aliphatic heterocycles. The van der Waals surface area contributed by atoms with Crippen LogP contribution in [0.5, 0.6) is 0 Å². The van der Waals surface area contributed by atoms with E-state index < -0.39 is 5.60 Å². The fourth-order valence-electron chi connectivity index (χ4n) is 3.50. The number of ether oxygens (including phenoxy) is 1. The predicted molar refractivity (Wildman–Crippen MR) is 102 cm³/mol. The number of anilines is 1. The van der Waals surface area contributed by atoms with Gasteiger partial charge in [-0.1, -0.05) is 12.1 Å². The molecule has 0 aromatic heterocycles. The summed E-state index contributed by atoms with van der Waals surface area (Å²) in [6.45, 7) is 7.37. The number of nitrogens with zero attached hydrogens (tertiary/aromatic N) is 1. The zero-order valence-electron chi connectivity index (χ0n) is 15.9. The van der Waals surface area contributed by atoms with Gasteiger partial charge in [0, 0.05) is 24.8 Å². The number of hydrogen-bond acceptors (Lipinski definition) is 3. The van der Waals surface area contributed by atoms with Crippen molar-refractivity contribution in [2.75, 3.05) is 18.4 Å². The average molecular weight is 344 g/mol. The Kier molecular flexibility index (Phi) is 5.55. The summed E-state index contributed by atoms with van der Waals surface area (Å²) < 4.78 is 5.47. The van der Waals surface area contributed by atoms with Crippen molar-refractivity contribution in [2.45, 2.75) is 70.9 Å². The summed E-state index contributed by atoms with van der Waals surface area (Å²) in [7, 11) is 0. The highest BCUT2D eigenvalue weighted by molar-refractivity contribution is 5.68. The van der Waals surface area contributed by atoms with Crippen molar-refractivity contribution in [1.29, 1.82) is 0 Å². The largest absolute Gasteiger partial charge is 0.444 e. The van der Waals surface area contributed by atoms with Crippen LogP contribution < -0.4 is 5.32 Å². The van der Waals surface area contributed by atoms with Gasteiger partial charge in [0.1, 0.15) is 5.60 Å². The Bertz CT molecular complexity index is 565. The van der Waals surface area contributed by atoms with Crippen molar-refractivity contribution in [3.05, 3.63) is 29.8 Å². The Hall–Kier alpha value is -1.71. The number of carbonyl (C=O) groups is 1. The van der Waals surface area contributed by atoms with Crippen LogP contribution in [0.4, 0.5) is 10.5 Å². The minimum absolute atomic E-state index is 0.169. The van der Waals surface area contributed by atoms with Crippen molar-refractivity contribution < 1.29 is 9.53 Å². The maximum atomic E-state index is 12.1. The maximum Gasteiger partial charge on any atom is 0.410 e. The van der Waals surface area contributed by atoms with Gasteiger partial charge in [0.15, 0.2) is 0 Å². The topological polar surface area (TPSA) is 41.6 Å². The Morgan fingerprint density at radius 2 is 1.76 bits per heavy atom. The van der Waals surface area contributed by atoms with Crippen molar-refractivity contribution >= 4 is 11.8 Å². The number of piperidine rings is 1. The van der Waals surface area contributed by atoms with E-state index in [9.17, 15) is 4.79 Å². The van der Waals surface area contributed by atoms with Gasteiger partial charge >= 0.3 is 6.09 Å². The lowest BCUT2D eigenvalue weighted by Gasteiger charge is -2.33. The first-order valence-electron chi connectivity index (χ1n) is 9.72. The van der Waals surface area contributed by atoms with Gasteiger partial charge in [-0.25, -0.2) is 4.79 Å². The van der Waals surface area contributed by atoms with Gasteiger partial charge in [-0.15, -0.1) is 0 Å². The zero-order chi connectivity index (χ0) is 17.9. The number of carbonyl (C=O) groups excluding carboxylic acids is 1. The summed E-state index contributed by atoms with van der Waals surface area (Å²) in [6, 6.07) is 9.61. The maximum absolute atomic E-state index is 12.1. The molecule has 0 bridgehead atoms. The van der Waals surface area contributed by atoms with Crippen LogP contribution >= 0.6 is 0 Å². The smallest absolute Gasteiger partial charge is 0.410 e. The van der Waals surface area contributed by atoms with E-state index in [1.807, 2.05) is 25.7 Å². The standard InChI is InChI=1S/C21H32N2O2/c1-21(2,3)25-20(24)23-13-11-17(12-14-23)15-16-7-9-19(10-8-16)22-18-5-4-6-18/h7-10,17-18,22H,4-6,11-15H2,1-3H3. The van der Waals surface area contributed by atoms with Crippen LogP contribution in [-0.2, 0) is 11.2 Å². The van der Waals surface area contributed by atoms with Crippen LogP contribution in [0, 0.1) is 5.92 Å². The second kappa shape index (κ2) is 7.67. The fourth-order valence-corrected chi connectivity index (χ4v) is 3.50. The van der Waals surface area contributed by atoms with Crippen LogP contribution in [0.25, 0.3) is 0 Å². The van der Waals surface area contributed by atoms with Gasteiger partial charge in [0.25, 0.3) is 0 Å². The van der Waals surface area contributed by atoms with Crippen LogP contribution in [0.1, 0.15) is 58.4 Å². The van der Waals surface area contributed by atoms with Crippen molar-refractivity contribution in [3.8, 4) is 0 Å². The average Bonchev–Trinajstić information content (AvgIpc) is 2.51. The van der Waals surface area contributed by atoms with E-state index in [-0.39, 0.29) is 6.09 Å². The molecular formula is C21H32N2O2. The molecule has 0 unspecified atom stereocenters. The Morgan fingerprint density at radius 1 is 1.12 bits per heavy atom. The van der Waals surface area contributed by atoms with Crippen LogP contribution in [-0.4, -0.2) is 35.7 Å². The number of hydrogen-bond donors (Lipinski definition) is 1. The first-order chi connectivity index (χ1) is 11.9. The molecule has 1 amide bonds. The molecule has 1 aliphatic carbocycles. The first kappa shape index (κ1) is 18.1. The summed E-state index contributed by atoms with van der Waals surface area (Å²) in [5.41, 5.74) is 2.23. The molecular weight excluding hydrogens is 312 g/mol. The summed E-state index contributed by atoms with van der Waals surface area (Å²) in [4.78, 5) is 14.0. The minimum atomic E-state index is -0.413. The Morgan fingerprint density at radius 3 is 2.28 bits per heavy atom. The normalized spacial score (nSPS) is 19.4. The van der Waals surface area contributed by atoms with Crippen LogP contribution in [0.2, 0.25) is 0 Å². The zero-order valence-corrected chi connectivity index (χ0v) is 15.9. The third kappa shape index (κ3) is 5.38. The SMILES string of the molecule is CC(C)(C)OC(=O)N1CCC(Cc2ccc(NC3CCC3)cc2)CC1. The van der Waals surface area contributed by atoms with Gasteiger partial charge in [-0.3, -0.25) is 0 Å². The molecule has 1 saturated heterocycles. The summed E-state index contributed by atoms with van der Waals surface area (Å²) >= 11 is 0. The molecule has 1 aromatic rings. The molecule has 1 aromatic carbocycles. The molecule has 0 spiro atoms. The van der Waals surface area contributed by atoms with Crippen LogP contribution in [0.15, 0.2) is 24.3 Å². The molecule has 138 valence electrons. The highest BCUT2D eigenvalue weighted by Crippen LogP contribution is 2.26. The highest BCUT2D eigenvalue weighted by atomic mass is 16.6. The van der Waals surface area contributed by atoms with Crippen molar-refractivity contribution in [2.24, 2.45) is 5.92 Å². The molecule has 0 atom stereocenters. The molecule has 4 nitrogen and oxygen atoms in total. The monoisotopic (exact) mass is 344 g/mol. The molecule has 3 rings (SSSR count). The van der Waals surface area contributed by atoms with Gasteiger partial charge in [-0.05, 0) is 82.9 Å². The molecule has 4 heteroatoms. The highest BCUT2D eigenvalue weighted by Gasteiger charge is 2.26. The first-order valence-corrected chi connectivity index (χ1v) is 9.72. The quantitative estimate of drug-likeness (QED) is 0.849.